The van der Waals surface area contributed by atoms with Gasteiger partial charge in [0.1, 0.15) is 5.82 Å². The third-order valence-corrected chi connectivity index (χ3v) is 4.58. The maximum Gasteiger partial charge on any atom is 0.161 e. The third kappa shape index (κ3) is 3.44. The summed E-state index contributed by atoms with van der Waals surface area (Å²) in [6.07, 6.45) is 3.50. The lowest BCUT2D eigenvalue weighted by atomic mass is 9.79. The SMILES string of the molecule is CC1CCC(Nc2nc(NN)c(Cl)cc2Cl)CC1C. The molecule has 0 aromatic carbocycles. The number of nitrogens with one attached hydrogen (secondary N) is 2. The highest BCUT2D eigenvalue weighted by molar-refractivity contribution is 6.37. The van der Waals surface area contributed by atoms with Gasteiger partial charge in [-0.1, -0.05) is 37.0 Å². The molecule has 1 saturated carbocycles. The van der Waals surface area contributed by atoms with Gasteiger partial charge in [-0.25, -0.2) is 10.8 Å². The number of pyridine rings is 1. The van der Waals surface area contributed by atoms with E-state index in [4.69, 9.17) is 29.0 Å². The minimum Gasteiger partial charge on any atom is -0.366 e. The van der Waals surface area contributed by atoms with Crippen LogP contribution in [0.4, 0.5) is 11.6 Å². The van der Waals surface area contributed by atoms with E-state index in [1.165, 1.54) is 6.42 Å². The zero-order valence-corrected chi connectivity index (χ0v) is 12.7. The summed E-state index contributed by atoms with van der Waals surface area (Å²) in [5.74, 6) is 7.95. The van der Waals surface area contributed by atoms with Gasteiger partial charge in [0.2, 0.25) is 0 Å². The van der Waals surface area contributed by atoms with Crippen molar-refractivity contribution in [3.05, 3.63) is 16.1 Å². The van der Waals surface area contributed by atoms with Crippen molar-refractivity contribution in [3.63, 3.8) is 0 Å². The van der Waals surface area contributed by atoms with E-state index in [1.807, 2.05) is 0 Å². The van der Waals surface area contributed by atoms with Gasteiger partial charge < -0.3 is 10.7 Å². The standard InChI is InChI=1S/C13H20Cl2N4/c1-7-3-4-9(5-8(7)2)17-12-10(14)6-11(15)13(18-12)19-16/h6-9H,3-5,16H2,1-2H3,(H2,17,18,19). The second-order valence-corrected chi connectivity index (χ2v) is 6.22. The smallest absolute Gasteiger partial charge is 0.161 e. The van der Waals surface area contributed by atoms with Crippen LogP contribution in [-0.4, -0.2) is 11.0 Å². The topological polar surface area (TPSA) is 63.0 Å². The number of hydrogen-bond acceptors (Lipinski definition) is 4. The van der Waals surface area contributed by atoms with Crippen molar-refractivity contribution in [2.75, 3.05) is 10.7 Å². The van der Waals surface area contributed by atoms with Gasteiger partial charge in [0.05, 0.1) is 10.0 Å². The highest BCUT2D eigenvalue weighted by Crippen LogP contribution is 2.34. The third-order valence-electron chi connectivity index (χ3n) is 4.01. The van der Waals surface area contributed by atoms with E-state index in [0.29, 0.717) is 33.6 Å². The number of anilines is 2. The van der Waals surface area contributed by atoms with Crippen LogP contribution < -0.4 is 16.6 Å². The Bertz CT molecular complexity index is 453. The summed E-state index contributed by atoms with van der Waals surface area (Å²) in [6.45, 7) is 4.60. The maximum absolute atomic E-state index is 6.16. The van der Waals surface area contributed by atoms with Crippen molar-refractivity contribution in [1.29, 1.82) is 0 Å². The predicted octanol–water partition coefficient (Wildman–Crippen LogP) is 3.91. The fourth-order valence-electron chi connectivity index (χ4n) is 2.54. The first-order valence-electron chi connectivity index (χ1n) is 6.60. The summed E-state index contributed by atoms with van der Waals surface area (Å²) in [5.41, 5.74) is 2.47. The number of nitrogen functional groups attached to an aromatic ring is 1. The molecular formula is C13H20Cl2N4. The quantitative estimate of drug-likeness (QED) is 0.585. The van der Waals surface area contributed by atoms with Crippen molar-refractivity contribution in [2.24, 2.45) is 17.7 Å². The van der Waals surface area contributed by atoms with Crippen molar-refractivity contribution >= 4 is 34.8 Å². The highest BCUT2D eigenvalue weighted by atomic mass is 35.5. The van der Waals surface area contributed by atoms with E-state index in [0.717, 1.165) is 18.8 Å². The Balaban J connectivity index is 2.11. The summed E-state index contributed by atoms with van der Waals surface area (Å²) in [4.78, 5) is 4.32. The fraction of sp³-hybridized carbons (Fsp3) is 0.615. The molecule has 0 bridgehead atoms. The number of hydrogen-bond donors (Lipinski definition) is 3. The van der Waals surface area contributed by atoms with Gasteiger partial charge >= 0.3 is 0 Å². The van der Waals surface area contributed by atoms with Crippen LogP contribution in [0.3, 0.4) is 0 Å². The molecule has 0 amide bonds. The number of aromatic nitrogens is 1. The lowest BCUT2D eigenvalue weighted by Crippen LogP contribution is -2.30. The minimum absolute atomic E-state index is 0.406. The molecule has 4 nitrogen and oxygen atoms in total. The largest absolute Gasteiger partial charge is 0.366 e. The van der Waals surface area contributed by atoms with Crippen LogP contribution in [0.25, 0.3) is 0 Å². The molecular weight excluding hydrogens is 283 g/mol. The van der Waals surface area contributed by atoms with Gasteiger partial charge in [0, 0.05) is 6.04 Å². The van der Waals surface area contributed by atoms with Crippen molar-refractivity contribution in [2.45, 2.75) is 39.2 Å². The number of nitrogens with zero attached hydrogens (tertiary/aromatic N) is 1. The molecule has 1 aromatic rings. The fourth-order valence-corrected chi connectivity index (χ4v) is 3.01. The lowest BCUT2D eigenvalue weighted by Gasteiger charge is -2.33. The monoisotopic (exact) mass is 302 g/mol. The Morgan fingerprint density at radius 2 is 1.84 bits per heavy atom. The number of rotatable bonds is 3. The maximum atomic E-state index is 6.16. The van der Waals surface area contributed by atoms with Crippen LogP contribution in [0.15, 0.2) is 6.07 Å². The van der Waals surface area contributed by atoms with Gasteiger partial charge in [-0.3, -0.25) is 0 Å². The summed E-state index contributed by atoms with van der Waals surface area (Å²) in [7, 11) is 0. The Kier molecular flexibility index (Phi) is 4.76. The normalized spacial score (nSPS) is 27.1. The van der Waals surface area contributed by atoms with Gasteiger partial charge in [0.25, 0.3) is 0 Å². The molecule has 2 rings (SSSR count). The molecule has 1 heterocycles. The Morgan fingerprint density at radius 3 is 2.47 bits per heavy atom. The Morgan fingerprint density at radius 1 is 1.16 bits per heavy atom. The average molecular weight is 303 g/mol. The van der Waals surface area contributed by atoms with Crippen LogP contribution in [0.1, 0.15) is 33.1 Å². The van der Waals surface area contributed by atoms with E-state index in [-0.39, 0.29) is 0 Å². The molecule has 106 valence electrons. The average Bonchev–Trinajstić information content (AvgIpc) is 2.37. The lowest BCUT2D eigenvalue weighted by molar-refractivity contribution is 0.260. The van der Waals surface area contributed by atoms with Crippen LogP contribution in [-0.2, 0) is 0 Å². The molecule has 1 aliphatic carbocycles. The second-order valence-electron chi connectivity index (χ2n) is 5.40. The molecule has 1 fully saturated rings. The van der Waals surface area contributed by atoms with Crippen molar-refractivity contribution in [1.82, 2.24) is 4.98 Å². The first kappa shape index (κ1) is 14.7. The van der Waals surface area contributed by atoms with E-state index in [9.17, 15) is 0 Å². The van der Waals surface area contributed by atoms with E-state index >= 15 is 0 Å². The molecule has 0 spiro atoms. The first-order chi connectivity index (χ1) is 9.01. The van der Waals surface area contributed by atoms with Gasteiger partial charge in [-0.15, -0.1) is 0 Å². The van der Waals surface area contributed by atoms with Gasteiger partial charge in [0.15, 0.2) is 5.82 Å². The van der Waals surface area contributed by atoms with Gasteiger partial charge in [-0.05, 0) is 37.2 Å². The summed E-state index contributed by atoms with van der Waals surface area (Å²) >= 11 is 12.1. The summed E-state index contributed by atoms with van der Waals surface area (Å²) < 4.78 is 0. The molecule has 6 heteroatoms. The predicted molar refractivity (Wildman–Crippen MR) is 81.7 cm³/mol. The minimum atomic E-state index is 0.406. The molecule has 0 aliphatic heterocycles. The Labute approximate surface area is 124 Å². The van der Waals surface area contributed by atoms with Crippen molar-refractivity contribution in [3.8, 4) is 0 Å². The van der Waals surface area contributed by atoms with Crippen LogP contribution in [0.5, 0.6) is 0 Å². The number of nitrogens with two attached hydrogens (primary N) is 1. The molecule has 19 heavy (non-hydrogen) atoms. The summed E-state index contributed by atoms with van der Waals surface area (Å²) in [6, 6.07) is 2.06. The van der Waals surface area contributed by atoms with Crippen LogP contribution in [0.2, 0.25) is 10.0 Å². The van der Waals surface area contributed by atoms with E-state index in [2.05, 4.69) is 29.6 Å². The van der Waals surface area contributed by atoms with E-state index < -0.39 is 0 Å². The van der Waals surface area contributed by atoms with Crippen LogP contribution >= 0.6 is 23.2 Å². The molecule has 0 radical (unpaired) electrons. The zero-order valence-electron chi connectivity index (χ0n) is 11.2. The molecule has 1 aromatic heterocycles. The molecule has 3 atom stereocenters. The van der Waals surface area contributed by atoms with Gasteiger partial charge in [-0.2, -0.15) is 0 Å². The van der Waals surface area contributed by atoms with Crippen molar-refractivity contribution < 1.29 is 0 Å². The van der Waals surface area contributed by atoms with E-state index in [1.54, 1.807) is 6.07 Å². The first-order valence-corrected chi connectivity index (χ1v) is 7.36. The second kappa shape index (κ2) is 6.16. The van der Waals surface area contributed by atoms with Crippen LogP contribution in [0, 0.1) is 11.8 Å². The molecule has 3 unspecified atom stereocenters. The molecule has 4 N–H and O–H groups in total. The highest BCUT2D eigenvalue weighted by Gasteiger charge is 2.25. The zero-order chi connectivity index (χ0) is 14.0. The summed E-state index contributed by atoms with van der Waals surface area (Å²) in [5, 5.41) is 4.35. The molecule has 0 saturated heterocycles. The number of halogens is 2. The molecule has 1 aliphatic rings. The number of hydrazine groups is 1. The Hall–Kier alpha value is -0.710.